The topological polar surface area (TPSA) is 50.1 Å². The van der Waals surface area contributed by atoms with Gasteiger partial charge in [-0.15, -0.1) is 0 Å². The molecule has 21 heavy (non-hydrogen) atoms. The first-order valence-corrected chi connectivity index (χ1v) is 6.85. The molecule has 0 saturated carbocycles. The minimum absolute atomic E-state index is 0.122. The predicted octanol–water partition coefficient (Wildman–Crippen LogP) is 3.97. The molecule has 0 N–H and O–H groups in total. The second-order valence-electron chi connectivity index (χ2n) is 5.05. The zero-order chi connectivity index (χ0) is 15.2. The fraction of sp³-hybridized carbons (Fsp3) is 0.222. The van der Waals surface area contributed by atoms with Gasteiger partial charge >= 0.3 is 0 Å². The summed E-state index contributed by atoms with van der Waals surface area (Å²) in [5, 5.41) is 8.79. The van der Waals surface area contributed by atoms with E-state index in [0.717, 1.165) is 16.9 Å². The molecule has 0 radical (unpaired) electrons. The summed E-state index contributed by atoms with van der Waals surface area (Å²) in [7, 11) is 0. The molecular weight excluding hydrogens is 262 g/mol. The molecule has 0 spiro atoms. The molecule has 0 amide bonds. The highest BCUT2D eigenvalue weighted by molar-refractivity contribution is 5.76. The van der Waals surface area contributed by atoms with Gasteiger partial charge in [-0.05, 0) is 49.2 Å². The lowest BCUT2D eigenvalue weighted by molar-refractivity contribution is -0.118. The van der Waals surface area contributed by atoms with Gasteiger partial charge in [0.25, 0.3) is 0 Å². The third-order valence-corrected chi connectivity index (χ3v) is 3.11. The monoisotopic (exact) mass is 279 g/mol. The van der Waals surface area contributed by atoms with Crippen molar-refractivity contribution < 1.29 is 9.53 Å². The molecule has 1 atom stereocenters. The van der Waals surface area contributed by atoms with Crippen LogP contribution in [0.4, 0.5) is 0 Å². The van der Waals surface area contributed by atoms with Crippen molar-refractivity contribution in [2.24, 2.45) is 0 Å². The molecule has 0 fully saturated rings. The van der Waals surface area contributed by atoms with Crippen LogP contribution < -0.4 is 4.74 Å². The number of carbonyl (C=O) groups excluding carboxylic acids is 1. The van der Waals surface area contributed by atoms with Gasteiger partial charge in [0.05, 0.1) is 11.6 Å². The van der Waals surface area contributed by atoms with Crippen molar-refractivity contribution in [3.05, 3.63) is 54.1 Å². The first kappa shape index (κ1) is 14.8. The Morgan fingerprint density at radius 3 is 2.10 bits per heavy atom. The number of nitrogens with zero attached hydrogens (tertiary/aromatic N) is 1. The summed E-state index contributed by atoms with van der Waals surface area (Å²) in [6.45, 7) is 3.45. The number of carbonyl (C=O) groups is 1. The lowest BCUT2D eigenvalue weighted by Gasteiger charge is -2.13. The number of benzene rings is 2. The van der Waals surface area contributed by atoms with Crippen molar-refractivity contribution in [1.29, 1.82) is 5.26 Å². The van der Waals surface area contributed by atoms with Gasteiger partial charge < -0.3 is 4.74 Å². The van der Waals surface area contributed by atoms with Gasteiger partial charge in [-0.1, -0.05) is 24.3 Å². The van der Waals surface area contributed by atoms with Gasteiger partial charge in [-0.25, -0.2) is 0 Å². The molecule has 0 aromatic heterocycles. The maximum Gasteiger partial charge on any atom is 0.133 e. The van der Waals surface area contributed by atoms with Gasteiger partial charge in [0, 0.05) is 6.42 Å². The third-order valence-electron chi connectivity index (χ3n) is 3.11. The van der Waals surface area contributed by atoms with E-state index in [1.807, 2.05) is 43.3 Å². The molecule has 0 heterocycles. The van der Waals surface area contributed by atoms with E-state index in [1.54, 1.807) is 19.1 Å². The highest BCUT2D eigenvalue weighted by atomic mass is 16.5. The highest BCUT2D eigenvalue weighted by Gasteiger charge is 2.07. The highest BCUT2D eigenvalue weighted by Crippen LogP contribution is 2.23. The Labute approximate surface area is 124 Å². The van der Waals surface area contributed by atoms with E-state index in [1.165, 1.54) is 0 Å². The molecule has 2 aromatic carbocycles. The first-order chi connectivity index (χ1) is 10.1. The van der Waals surface area contributed by atoms with E-state index in [-0.39, 0.29) is 11.9 Å². The fourth-order valence-electron chi connectivity index (χ4n) is 2.14. The Balaban J connectivity index is 2.07. The second-order valence-corrected chi connectivity index (χ2v) is 5.05. The van der Waals surface area contributed by atoms with E-state index >= 15 is 0 Å². The van der Waals surface area contributed by atoms with E-state index in [2.05, 4.69) is 6.07 Å². The lowest BCUT2D eigenvalue weighted by atomic mass is 10.0. The second kappa shape index (κ2) is 6.71. The Morgan fingerprint density at radius 2 is 1.62 bits per heavy atom. The number of rotatable bonds is 5. The smallest absolute Gasteiger partial charge is 0.133 e. The van der Waals surface area contributed by atoms with E-state index in [9.17, 15) is 4.79 Å². The van der Waals surface area contributed by atoms with Crippen LogP contribution in [-0.2, 0) is 4.79 Å². The fourth-order valence-corrected chi connectivity index (χ4v) is 2.14. The maximum atomic E-state index is 11.0. The number of Topliss-reactive ketones (excluding diaryl/α,β-unsaturated/α-hetero) is 1. The Bertz CT molecular complexity index is 651. The Morgan fingerprint density at radius 1 is 1.10 bits per heavy atom. The lowest BCUT2D eigenvalue weighted by Crippen LogP contribution is -2.15. The van der Waals surface area contributed by atoms with Crippen LogP contribution in [0.5, 0.6) is 5.75 Å². The molecule has 0 aliphatic carbocycles. The summed E-state index contributed by atoms with van der Waals surface area (Å²) >= 11 is 0. The molecular formula is C18H17NO2. The number of hydrogen-bond donors (Lipinski definition) is 0. The zero-order valence-electron chi connectivity index (χ0n) is 12.2. The van der Waals surface area contributed by atoms with Crippen LogP contribution in [0.25, 0.3) is 11.1 Å². The average Bonchev–Trinajstić information content (AvgIpc) is 2.47. The SMILES string of the molecule is CC(=O)CC(C)Oc1ccc(-c2ccc(C#N)cc2)cc1. The predicted molar refractivity (Wildman–Crippen MR) is 82.0 cm³/mol. The normalized spacial score (nSPS) is 11.5. The van der Waals surface area contributed by atoms with Crippen LogP contribution in [0.3, 0.4) is 0 Å². The van der Waals surface area contributed by atoms with Crippen molar-refractivity contribution in [1.82, 2.24) is 0 Å². The van der Waals surface area contributed by atoms with Crippen molar-refractivity contribution in [2.75, 3.05) is 0 Å². The van der Waals surface area contributed by atoms with Crippen LogP contribution >= 0.6 is 0 Å². The maximum absolute atomic E-state index is 11.0. The number of ketones is 1. The van der Waals surface area contributed by atoms with Crippen LogP contribution in [0.1, 0.15) is 25.8 Å². The summed E-state index contributed by atoms with van der Waals surface area (Å²) in [5.41, 5.74) is 2.76. The number of hydrogen-bond acceptors (Lipinski definition) is 3. The van der Waals surface area contributed by atoms with Crippen molar-refractivity contribution in [3.63, 3.8) is 0 Å². The van der Waals surface area contributed by atoms with Gasteiger partial charge in [0.2, 0.25) is 0 Å². The van der Waals surface area contributed by atoms with Crippen molar-refractivity contribution >= 4 is 5.78 Å². The zero-order valence-corrected chi connectivity index (χ0v) is 12.2. The van der Waals surface area contributed by atoms with Gasteiger partial charge in [-0.3, -0.25) is 4.79 Å². The van der Waals surface area contributed by atoms with E-state index < -0.39 is 0 Å². The summed E-state index contributed by atoms with van der Waals surface area (Å²) in [6.07, 6.45) is 0.292. The van der Waals surface area contributed by atoms with Crippen LogP contribution in [-0.4, -0.2) is 11.9 Å². The molecule has 106 valence electrons. The number of ether oxygens (including phenoxy) is 1. The molecule has 2 rings (SSSR count). The summed E-state index contributed by atoms with van der Waals surface area (Å²) in [4.78, 5) is 11.0. The minimum atomic E-state index is -0.122. The molecule has 3 nitrogen and oxygen atoms in total. The largest absolute Gasteiger partial charge is 0.490 e. The molecule has 0 aliphatic rings. The quantitative estimate of drug-likeness (QED) is 0.832. The van der Waals surface area contributed by atoms with Crippen LogP contribution in [0.15, 0.2) is 48.5 Å². The standard InChI is InChI=1S/C18H17NO2/c1-13(20)11-14(2)21-18-9-7-17(8-10-18)16-5-3-15(12-19)4-6-16/h3-10,14H,11H2,1-2H3. The third kappa shape index (κ3) is 4.19. The van der Waals surface area contributed by atoms with Gasteiger partial charge in [-0.2, -0.15) is 5.26 Å². The molecule has 0 aliphatic heterocycles. The summed E-state index contributed by atoms with van der Waals surface area (Å²) in [6, 6.07) is 17.3. The van der Waals surface area contributed by atoms with E-state index in [4.69, 9.17) is 10.00 Å². The molecule has 1 unspecified atom stereocenters. The molecule has 3 heteroatoms. The average molecular weight is 279 g/mol. The first-order valence-electron chi connectivity index (χ1n) is 6.85. The molecule has 2 aromatic rings. The van der Waals surface area contributed by atoms with Crippen LogP contribution in [0, 0.1) is 11.3 Å². The molecule has 0 bridgehead atoms. The van der Waals surface area contributed by atoms with Crippen molar-refractivity contribution in [2.45, 2.75) is 26.4 Å². The van der Waals surface area contributed by atoms with Crippen molar-refractivity contribution in [3.8, 4) is 22.9 Å². The Kier molecular flexibility index (Phi) is 4.73. The van der Waals surface area contributed by atoms with Gasteiger partial charge in [0.15, 0.2) is 0 Å². The van der Waals surface area contributed by atoms with Gasteiger partial charge in [0.1, 0.15) is 17.6 Å². The van der Waals surface area contributed by atoms with E-state index in [0.29, 0.717) is 12.0 Å². The minimum Gasteiger partial charge on any atom is -0.490 e. The molecule has 0 saturated heterocycles. The number of nitriles is 1. The van der Waals surface area contributed by atoms with Crippen LogP contribution in [0.2, 0.25) is 0 Å². The summed E-state index contributed by atoms with van der Waals surface area (Å²) < 4.78 is 5.69. The Hall–Kier alpha value is -2.60. The summed E-state index contributed by atoms with van der Waals surface area (Å²) in [5.74, 6) is 0.873.